The number of carbonyl (C=O) groups excluding carboxylic acids is 1. The molecule has 0 aromatic heterocycles. The SMILES string of the molecule is N#Cc1cccc(N)c1C1CCCC(=O)C1. The summed E-state index contributed by atoms with van der Waals surface area (Å²) < 4.78 is 0. The largest absolute Gasteiger partial charge is 0.398 e. The number of nitrogen functional groups attached to an aromatic ring is 1. The van der Waals surface area contributed by atoms with Crippen LogP contribution in [-0.2, 0) is 4.79 Å². The van der Waals surface area contributed by atoms with E-state index in [-0.39, 0.29) is 11.7 Å². The first kappa shape index (κ1) is 10.7. The summed E-state index contributed by atoms with van der Waals surface area (Å²) in [5.74, 6) is 0.417. The van der Waals surface area contributed by atoms with E-state index in [1.54, 1.807) is 18.2 Å². The highest BCUT2D eigenvalue weighted by Gasteiger charge is 2.24. The molecule has 0 bridgehead atoms. The van der Waals surface area contributed by atoms with Crippen molar-refractivity contribution in [2.75, 3.05) is 5.73 Å². The van der Waals surface area contributed by atoms with E-state index in [1.165, 1.54) is 0 Å². The van der Waals surface area contributed by atoms with Crippen LogP contribution in [0.2, 0.25) is 0 Å². The molecule has 2 N–H and O–H groups in total. The Morgan fingerprint density at radius 2 is 2.25 bits per heavy atom. The molecule has 1 aromatic carbocycles. The molecule has 1 aliphatic carbocycles. The number of rotatable bonds is 1. The minimum atomic E-state index is 0.136. The highest BCUT2D eigenvalue weighted by molar-refractivity contribution is 5.80. The molecule has 1 fully saturated rings. The molecular formula is C13H14N2O. The van der Waals surface area contributed by atoms with Gasteiger partial charge in [0.05, 0.1) is 11.6 Å². The van der Waals surface area contributed by atoms with Crippen molar-refractivity contribution in [1.29, 1.82) is 5.26 Å². The maximum atomic E-state index is 11.4. The number of carbonyl (C=O) groups is 1. The van der Waals surface area contributed by atoms with Crippen molar-refractivity contribution in [2.45, 2.75) is 31.6 Å². The highest BCUT2D eigenvalue weighted by atomic mass is 16.1. The summed E-state index contributed by atoms with van der Waals surface area (Å²) in [7, 11) is 0. The van der Waals surface area contributed by atoms with Gasteiger partial charge in [-0.15, -0.1) is 0 Å². The molecule has 0 aliphatic heterocycles. The van der Waals surface area contributed by atoms with Crippen molar-refractivity contribution >= 4 is 11.5 Å². The molecule has 16 heavy (non-hydrogen) atoms. The van der Waals surface area contributed by atoms with Gasteiger partial charge in [0.1, 0.15) is 5.78 Å². The molecule has 3 nitrogen and oxygen atoms in total. The van der Waals surface area contributed by atoms with Crippen LogP contribution in [0.5, 0.6) is 0 Å². The van der Waals surface area contributed by atoms with Gasteiger partial charge in [-0.1, -0.05) is 6.07 Å². The van der Waals surface area contributed by atoms with Crippen molar-refractivity contribution in [3.05, 3.63) is 29.3 Å². The maximum Gasteiger partial charge on any atom is 0.133 e. The molecular weight excluding hydrogens is 200 g/mol. The average molecular weight is 214 g/mol. The van der Waals surface area contributed by atoms with Gasteiger partial charge in [-0.2, -0.15) is 5.26 Å². The molecule has 1 atom stereocenters. The lowest BCUT2D eigenvalue weighted by Gasteiger charge is -2.23. The molecule has 1 aliphatic rings. The van der Waals surface area contributed by atoms with Gasteiger partial charge in [0.25, 0.3) is 0 Å². The van der Waals surface area contributed by atoms with Crippen molar-refractivity contribution in [1.82, 2.24) is 0 Å². The maximum absolute atomic E-state index is 11.4. The zero-order chi connectivity index (χ0) is 11.5. The summed E-state index contributed by atoms with van der Waals surface area (Å²) in [6.45, 7) is 0. The lowest BCUT2D eigenvalue weighted by Crippen LogP contribution is -2.15. The van der Waals surface area contributed by atoms with Gasteiger partial charge < -0.3 is 5.73 Å². The van der Waals surface area contributed by atoms with Crippen molar-refractivity contribution in [2.24, 2.45) is 0 Å². The molecule has 0 saturated heterocycles. The number of ketones is 1. The van der Waals surface area contributed by atoms with E-state index in [1.807, 2.05) is 0 Å². The van der Waals surface area contributed by atoms with Gasteiger partial charge in [0, 0.05) is 18.5 Å². The van der Waals surface area contributed by atoms with Gasteiger partial charge in [-0.3, -0.25) is 4.79 Å². The van der Waals surface area contributed by atoms with Gasteiger partial charge in [-0.05, 0) is 36.5 Å². The number of nitriles is 1. The Bertz CT molecular complexity index is 459. The van der Waals surface area contributed by atoms with Crippen molar-refractivity contribution < 1.29 is 4.79 Å². The van der Waals surface area contributed by atoms with Gasteiger partial charge in [-0.25, -0.2) is 0 Å². The van der Waals surface area contributed by atoms with E-state index >= 15 is 0 Å². The Morgan fingerprint density at radius 3 is 2.94 bits per heavy atom. The van der Waals surface area contributed by atoms with Crippen LogP contribution in [0.25, 0.3) is 0 Å². The van der Waals surface area contributed by atoms with E-state index in [4.69, 9.17) is 11.0 Å². The molecule has 1 aromatic rings. The highest BCUT2D eigenvalue weighted by Crippen LogP contribution is 2.35. The lowest BCUT2D eigenvalue weighted by atomic mass is 9.81. The van der Waals surface area contributed by atoms with E-state index in [0.29, 0.717) is 24.1 Å². The lowest BCUT2D eigenvalue weighted by molar-refractivity contribution is -0.120. The molecule has 1 unspecified atom stereocenters. The number of anilines is 1. The van der Waals surface area contributed by atoms with E-state index in [9.17, 15) is 4.79 Å². The first-order valence-electron chi connectivity index (χ1n) is 5.52. The third-order valence-corrected chi connectivity index (χ3v) is 3.15. The minimum absolute atomic E-state index is 0.136. The first-order valence-corrected chi connectivity index (χ1v) is 5.52. The summed E-state index contributed by atoms with van der Waals surface area (Å²) in [6.07, 6.45) is 3.06. The zero-order valence-electron chi connectivity index (χ0n) is 9.07. The Kier molecular flexibility index (Phi) is 2.91. The van der Waals surface area contributed by atoms with Crippen LogP contribution < -0.4 is 5.73 Å². The smallest absolute Gasteiger partial charge is 0.133 e. The van der Waals surface area contributed by atoms with Gasteiger partial charge in [0.2, 0.25) is 0 Å². The number of hydrogen-bond acceptors (Lipinski definition) is 3. The number of benzene rings is 1. The summed E-state index contributed by atoms with van der Waals surface area (Å²) in [5.41, 5.74) is 8.03. The number of Topliss-reactive ketones (excluding diaryl/α,β-unsaturated/α-hetero) is 1. The summed E-state index contributed by atoms with van der Waals surface area (Å²) in [5, 5.41) is 9.05. The van der Waals surface area contributed by atoms with Crippen LogP contribution in [0.1, 0.15) is 42.7 Å². The summed E-state index contributed by atoms with van der Waals surface area (Å²) in [4.78, 5) is 11.4. The third kappa shape index (κ3) is 1.92. The molecule has 0 radical (unpaired) electrons. The Morgan fingerprint density at radius 1 is 1.44 bits per heavy atom. The van der Waals surface area contributed by atoms with Crippen LogP contribution >= 0.6 is 0 Å². The topological polar surface area (TPSA) is 66.9 Å². The average Bonchev–Trinajstić information content (AvgIpc) is 2.28. The molecule has 1 saturated carbocycles. The zero-order valence-corrected chi connectivity index (χ0v) is 9.07. The second kappa shape index (κ2) is 4.36. The van der Waals surface area contributed by atoms with Crippen LogP contribution in [0, 0.1) is 11.3 Å². The predicted octanol–water partition coefficient (Wildman–Crippen LogP) is 2.37. The second-order valence-corrected chi connectivity index (χ2v) is 4.25. The second-order valence-electron chi connectivity index (χ2n) is 4.25. The molecule has 0 spiro atoms. The van der Waals surface area contributed by atoms with Crippen LogP contribution in [0.4, 0.5) is 5.69 Å². The molecule has 82 valence electrons. The molecule has 0 amide bonds. The standard InChI is InChI=1S/C13H14N2O/c14-8-10-4-2-6-12(15)13(10)9-3-1-5-11(16)7-9/h2,4,6,9H,1,3,5,7,15H2. The monoisotopic (exact) mass is 214 g/mol. The fourth-order valence-electron chi connectivity index (χ4n) is 2.41. The van der Waals surface area contributed by atoms with Gasteiger partial charge in [0.15, 0.2) is 0 Å². The molecule has 2 rings (SSSR count). The quantitative estimate of drug-likeness (QED) is 0.730. The minimum Gasteiger partial charge on any atom is -0.398 e. The number of nitrogens with two attached hydrogens (primary N) is 1. The van der Waals surface area contributed by atoms with Crippen LogP contribution in [0.3, 0.4) is 0 Å². The van der Waals surface area contributed by atoms with E-state index in [2.05, 4.69) is 6.07 Å². The Hall–Kier alpha value is -1.82. The van der Waals surface area contributed by atoms with E-state index < -0.39 is 0 Å². The fraction of sp³-hybridized carbons (Fsp3) is 0.385. The third-order valence-electron chi connectivity index (χ3n) is 3.15. The van der Waals surface area contributed by atoms with Crippen molar-refractivity contribution in [3.8, 4) is 6.07 Å². The molecule has 3 heteroatoms. The van der Waals surface area contributed by atoms with Crippen LogP contribution in [-0.4, -0.2) is 5.78 Å². The Labute approximate surface area is 94.9 Å². The summed E-state index contributed by atoms with van der Waals surface area (Å²) in [6, 6.07) is 7.51. The van der Waals surface area contributed by atoms with E-state index in [0.717, 1.165) is 18.4 Å². The fourth-order valence-corrected chi connectivity index (χ4v) is 2.41. The van der Waals surface area contributed by atoms with Gasteiger partial charge >= 0.3 is 0 Å². The summed E-state index contributed by atoms with van der Waals surface area (Å²) >= 11 is 0. The number of hydrogen-bond donors (Lipinski definition) is 1. The molecule has 0 heterocycles. The van der Waals surface area contributed by atoms with Crippen molar-refractivity contribution in [3.63, 3.8) is 0 Å². The Balaban J connectivity index is 2.39. The normalized spacial score (nSPS) is 20.4. The number of nitrogens with zero attached hydrogens (tertiary/aromatic N) is 1. The first-order chi connectivity index (χ1) is 7.72. The predicted molar refractivity (Wildman–Crippen MR) is 61.8 cm³/mol. The van der Waals surface area contributed by atoms with Crippen LogP contribution in [0.15, 0.2) is 18.2 Å².